The van der Waals surface area contributed by atoms with Crippen molar-refractivity contribution in [2.45, 2.75) is 19.8 Å². The standard InChI is InChI=1S/C11H18N2O3/c1-9(6-11(15)16)7-12-8-10(14)13-4-2-3-5-13/h6,12H,2-5,7-8H2,1H3,(H,15,16). The van der Waals surface area contributed by atoms with E-state index >= 15 is 0 Å². The maximum atomic E-state index is 11.6. The second kappa shape index (κ2) is 6.27. The first-order valence-electron chi connectivity index (χ1n) is 5.48. The molecule has 0 aromatic rings. The van der Waals surface area contributed by atoms with Crippen LogP contribution in [0.3, 0.4) is 0 Å². The lowest BCUT2D eigenvalue weighted by molar-refractivity contribution is -0.131. The molecule has 1 aliphatic rings. The first-order valence-corrected chi connectivity index (χ1v) is 5.48. The van der Waals surface area contributed by atoms with Crippen molar-refractivity contribution in [3.05, 3.63) is 11.6 Å². The molecule has 16 heavy (non-hydrogen) atoms. The second-order valence-corrected chi connectivity index (χ2v) is 4.02. The fraction of sp³-hybridized carbons (Fsp3) is 0.636. The topological polar surface area (TPSA) is 69.6 Å². The van der Waals surface area contributed by atoms with E-state index in [9.17, 15) is 9.59 Å². The molecule has 1 amide bonds. The molecule has 1 fully saturated rings. The van der Waals surface area contributed by atoms with Crippen LogP contribution >= 0.6 is 0 Å². The Morgan fingerprint density at radius 3 is 2.50 bits per heavy atom. The van der Waals surface area contributed by atoms with Gasteiger partial charge in [-0.2, -0.15) is 0 Å². The molecule has 5 nitrogen and oxygen atoms in total. The first-order chi connectivity index (χ1) is 7.59. The minimum absolute atomic E-state index is 0.0978. The molecule has 0 saturated carbocycles. The van der Waals surface area contributed by atoms with Crippen LogP contribution in [0.1, 0.15) is 19.8 Å². The summed E-state index contributed by atoms with van der Waals surface area (Å²) >= 11 is 0. The van der Waals surface area contributed by atoms with Crippen molar-refractivity contribution in [2.75, 3.05) is 26.2 Å². The third-order valence-corrected chi connectivity index (χ3v) is 2.51. The van der Waals surface area contributed by atoms with Gasteiger partial charge in [0.2, 0.25) is 5.91 Å². The molecule has 1 rings (SSSR count). The Labute approximate surface area is 95.1 Å². The number of hydrogen-bond acceptors (Lipinski definition) is 3. The molecule has 0 atom stereocenters. The normalized spacial score (nSPS) is 16.6. The molecule has 2 N–H and O–H groups in total. The SMILES string of the molecule is CC(=CC(=O)O)CNCC(=O)N1CCCC1. The Hall–Kier alpha value is -1.36. The third-order valence-electron chi connectivity index (χ3n) is 2.51. The van der Waals surface area contributed by atoms with Crippen molar-refractivity contribution < 1.29 is 14.7 Å². The number of carboxylic acids is 1. The van der Waals surface area contributed by atoms with Gasteiger partial charge in [-0.3, -0.25) is 4.79 Å². The highest BCUT2D eigenvalue weighted by molar-refractivity contribution is 5.80. The number of amides is 1. The van der Waals surface area contributed by atoms with E-state index in [4.69, 9.17) is 5.11 Å². The Morgan fingerprint density at radius 2 is 1.94 bits per heavy atom. The molecular weight excluding hydrogens is 208 g/mol. The van der Waals surface area contributed by atoms with Gasteiger partial charge in [0.1, 0.15) is 0 Å². The lowest BCUT2D eigenvalue weighted by atomic mass is 10.3. The molecule has 90 valence electrons. The van der Waals surface area contributed by atoms with Gasteiger partial charge in [-0.05, 0) is 19.8 Å². The molecule has 5 heteroatoms. The summed E-state index contributed by atoms with van der Waals surface area (Å²) in [6.45, 7) is 4.15. The molecule has 0 spiro atoms. The van der Waals surface area contributed by atoms with Gasteiger partial charge in [0.15, 0.2) is 0 Å². The average molecular weight is 226 g/mol. The summed E-state index contributed by atoms with van der Waals surface area (Å²) in [6.07, 6.45) is 3.32. The van der Waals surface area contributed by atoms with Crippen LogP contribution in [-0.2, 0) is 9.59 Å². The number of carboxylic acid groups (broad SMARTS) is 1. The predicted molar refractivity (Wildman–Crippen MR) is 60.1 cm³/mol. The maximum absolute atomic E-state index is 11.6. The Bertz CT molecular complexity index is 294. The summed E-state index contributed by atoms with van der Waals surface area (Å²) in [5.41, 5.74) is 0.710. The number of hydrogen-bond donors (Lipinski definition) is 2. The van der Waals surface area contributed by atoms with Crippen LogP contribution in [0.5, 0.6) is 0 Å². The van der Waals surface area contributed by atoms with E-state index in [0.717, 1.165) is 32.0 Å². The number of carbonyl (C=O) groups is 2. The molecule has 1 heterocycles. The van der Waals surface area contributed by atoms with Crippen LogP contribution in [0, 0.1) is 0 Å². The first kappa shape index (κ1) is 12.7. The third kappa shape index (κ3) is 4.44. The number of aliphatic carboxylic acids is 1. The zero-order chi connectivity index (χ0) is 12.0. The van der Waals surface area contributed by atoms with Crippen molar-refractivity contribution in [2.24, 2.45) is 0 Å². The lowest BCUT2D eigenvalue weighted by Gasteiger charge is -2.15. The number of rotatable bonds is 5. The van der Waals surface area contributed by atoms with Gasteiger partial charge < -0.3 is 15.3 Å². The molecule has 0 radical (unpaired) electrons. The highest BCUT2D eigenvalue weighted by Crippen LogP contribution is 2.06. The van der Waals surface area contributed by atoms with Crippen LogP contribution in [0.25, 0.3) is 0 Å². The summed E-state index contributed by atoms with van der Waals surface area (Å²) < 4.78 is 0. The zero-order valence-electron chi connectivity index (χ0n) is 9.53. The number of carbonyl (C=O) groups excluding carboxylic acids is 1. The van der Waals surface area contributed by atoms with Gasteiger partial charge >= 0.3 is 5.97 Å². The Morgan fingerprint density at radius 1 is 1.31 bits per heavy atom. The summed E-state index contributed by atoms with van der Waals surface area (Å²) in [4.78, 5) is 23.7. The average Bonchev–Trinajstić information content (AvgIpc) is 2.68. The van der Waals surface area contributed by atoms with Gasteiger partial charge in [0.25, 0.3) is 0 Å². The second-order valence-electron chi connectivity index (χ2n) is 4.02. The van der Waals surface area contributed by atoms with Crippen LogP contribution in [-0.4, -0.2) is 48.1 Å². The van der Waals surface area contributed by atoms with Crippen LogP contribution in [0.4, 0.5) is 0 Å². The number of nitrogens with zero attached hydrogens (tertiary/aromatic N) is 1. The van der Waals surface area contributed by atoms with E-state index in [0.29, 0.717) is 12.1 Å². The van der Waals surface area contributed by atoms with Crippen LogP contribution in [0.15, 0.2) is 11.6 Å². The van der Waals surface area contributed by atoms with Gasteiger partial charge in [-0.1, -0.05) is 5.57 Å². The van der Waals surface area contributed by atoms with Crippen molar-refractivity contribution in [3.8, 4) is 0 Å². The molecular formula is C11H18N2O3. The molecule has 0 bridgehead atoms. The predicted octanol–water partition coefficient (Wildman–Crippen LogP) is 0.229. The van der Waals surface area contributed by atoms with Gasteiger partial charge in [-0.25, -0.2) is 4.79 Å². The molecule has 0 aromatic carbocycles. The van der Waals surface area contributed by atoms with E-state index in [-0.39, 0.29) is 12.5 Å². The van der Waals surface area contributed by atoms with Crippen molar-refractivity contribution >= 4 is 11.9 Å². The van der Waals surface area contributed by atoms with Crippen LogP contribution in [0.2, 0.25) is 0 Å². The van der Waals surface area contributed by atoms with Crippen molar-refractivity contribution in [1.29, 1.82) is 0 Å². The van der Waals surface area contributed by atoms with Gasteiger partial charge in [0.05, 0.1) is 6.54 Å². The Balaban J connectivity index is 2.19. The monoisotopic (exact) mass is 226 g/mol. The highest BCUT2D eigenvalue weighted by atomic mass is 16.4. The molecule has 0 unspecified atom stereocenters. The van der Waals surface area contributed by atoms with E-state index in [1.807, 2.05) is 4.90 Å². The summed E-state index contributed by atoms with van der Waals surface area (Å²) in [7, 11) is 0. The van der Waals surface area contributed by atoms with E-state index in [1.165, 1.54) is 0 Å². The van der Waals surface area contributed by atoms with Crippen molar-refractivity contribution in [3.63, 3.8) is 0 Å². The van der Waals surface area contributed by atoms with E-state index in [1.54, 1.807) is 6.92 Å². The molecule has 1 saturated heterocycles. The quantitative estimate of drug-likeness (QED) is 0.658. The smallest absolute Gasteiger partial charge is 0.328 e. The number of nitrogens with one attached hydrogen (secondary N) is 1. The molecule has 0 aromatic heterocycles. The minimum atomic E-state index is -0.954. The zero-order valence-corrected chi connectivity index (χ0v) is 9.53. The Kier molecular flexibility index (Phi) is 4.98. The van der Waals surface area contributed by atoms with Gasteiger partial charge in [0, 0.05) is 25.7 Å². The fourth-order valence-corrected chi connectivity index (χ4v) is 1.71. The highest BCUT2D eigenvalue weighted by Gasteiger charge is 2.16. The largest absolute Gasteiger partial charge is 0.478 e. The maximum Gasteiger partial charge on any atom is 0.328 e. The molecule has 0 aliphatic carbocycles. The lowest BCUT2D eigenvalue weighted by Crippen LogP contribution is -2.36. The summed E-state index contributed by atoms with van der Waals surface area (Å²) in [5.74, 6) is -0.856. The van der Waals surface area contributed by atoms with E-state index < -0.39 is 5.97 Å². The molecule has 1 aliphatic heterocycles. The van der Waals surface area contributed by atoms with Gasteiger partial charge in [-0.15, -0.1) is 0 Å². The number of likely N-dealkylation sites (tertiary alicyclic amines) is 1. The summed E-state index contributed by atoms with van der Waals surface area (Å²) in [5, 5.41) is 11.4. The summed E-state index contributed by atoms with van der Waals surface area (Å²) in [6, 6.07) is 0. The van der Waals surface area contributed by atoms with E-state index in [2.05, 4.69) is 5.32 Å². The van der Waals surface area contributed by atoms with Crippen molar-refractivity contribution in [1.82, 2.24) is 10.2 Å². The fourth-order valence-electron chi connectivity index (χ4n) is 1.71. The minimum Gasteiger partial charge on any atom is -0.478 e. The van der Waals surface area contributed by atoms with Crippen LogP contribution < -0.4 is 5.32 Å².